The summed E-state index contributed by atoms with van der Waals surface area (Å²) >= 11 is 0. The van der Waals surface area contributed by atoms with Crippen LogP contribution >= 0.6 is 0 Å². The van der Waals surface area contributed by atoms with Gasteiger partial charge in [0.25, 0.3) is 0 Å². The average molecular weight is 430 g/mol. The number of aliphatic imine (C=N–C) groups is 1. The van der Waals surface area contributed by atoms with E-state index in [0.717, 1.165) is 34.9 Å². The van der Waals surface area contributed by atoms with E-state index >= 15 is 0 Å². The SMILES string of the molecule is [C-]1=Cc2cccc(n2)N(c2ccccc2)c2[c-]c(ccc2)C=NCC1.[Pd+2]. The molecule has 0 radical (unpaired) electrons. The minimum absolute atomic E-state index is 0. The molecule has 0 fully saturated rings. The minimum Gasteiger partial charge on any atom is -0.342 e. The van der Waals surface area contributed by atoms with Crippen LogP contribution in [0.4, 0.5) is 17.2 Å². The third-order valence-corrected chi connectivity index (χ3v) is 3.91. The summed E-state index contributed by atoms with van der Waals surface area (Å²) in [6.45, 7) is 0.705. The molecule has 0 N–H and O–H groups in total. The summed E-state index contributed by atoms with van der Waals surface area (Å²) in [6, 6.07) is 25.8. The number of benzene rings is 2. The van der Waals surface area contributed by atoms with Crippen molar-refractivity contribution in [2.45, 2.75) is 6.42 Å². The number of para-hydroxylation sites is 1. The third-order valence-electron chi connectivity index (χ3n) is 3.91. The van der Waals surface area contributed by atoms with Gasteiger partial charge in [0.15, 0.2) is 0 Å². The summed E-state index contributed by atoms with van der Waals surface area (Å²) in [5.74, 6) is 0.853. The van der Waals surface area contributed by atoms with Crippen molar-refractivity contribution < 1.29 is 20.4 Å². The Bertz CT molecular complexity index is 862. The molecule has 2 heterocycles. The van der Waals surface area contributed by atoms with Crippen molar-refractivity contribution in [3.8, 4) is 0 Å². The molecule has 3 aromatic rings. The van der Waals surface area contributed by atoms with Crippen molar-refractivity contribution in [2.24, 2.45) is 4.99 Å². The number of nitrogens with zero attached hydrogens (tertiary/aromatic N) is 3. The minimum atomic E-state index is 0. The van der Waals surface area contributed by atoms with Gasteiger partial charge in [-0.2, -0.15) is 0 Å². The standard InChI is InChI=1S/C22H17N3.Pd/c1-2-11-20(12-3-1)25-21-13-6-8-18(16-21)17-23-15-5-4-9-19-10-7-14-22(25)24-19;/h1-3,6-14,17H,5,15H2;/q-2;+2. The van der Waals surface area contributed by atoms with Crippen LogP contribution in [0.25, 0.3) is 6.08 Å². The summed E-state index contributed by atoms with van der Waals surface area (Å²) in [6.07, 6.45) is 7.83. The first-order valence-corrected chi connectivity index (χ1v) is 8.31. The van der Waals surface area contributed by atoms with Gasteiger partial charge in [-0.25, -0.2) is 6.08 Å². The van der Waals surface area contributed by atoms with Gasteiger partial charge in [0.1, 0.15) is 5.82 Å². The van der Waals surface area contributed by atoms with Crippen molar-refractivity contribution in [1.29, 1.82) is 0 Å². The van der Waals surface area contributed by atoms with Crippen molar-refractivity contribution in [2.75, 3.05) is 11.4 Å². The molecule has 1 aliphatic rings. The van der Waals surface area contributed by atoms with Gasteiger partial charge in [-0.15, -0.1) is 35.9 Å². The van der Waals surface area contributed by atoms with E-state index < -0.39 is 0 Å². The summed E-state index contributed by atoms with van der Waals surface area (Å²) < 4.78 is 0. The molecule has 1 aliphatic heterocycles. The molecule has 0 aliphatic carbocycles. The molecule has 26 heavy (non-hydrogen) atoms. The zero-order chi connectivity index (χ0) is 16.9. The van der Waals surface area contributed by atoms with E-state index in [0.29, 0.717) is 6.54 Å². The normalized spacial score (nSPS) is 13.2. The van der Waals surface area contributed by atoms with Gasteiger partial charge in [-0.3, -0.25) is 6.08 Å². The zero-order valence-corrected chi connectivity index (χ0v) is 15.6. The fourth-order valence-corrected chi connectivity index (χ4v) is 2.76. The monoisotopic (exact) mass is 429 g/mol. The average Bonchev–Trinajstić information content (AvgIpc) is 2.66. The second kappa shape index (κ2) is 8.71. The van der Waals surface area contributed by atoms with Crippen LogP contribution in [-0.2, 0) is 20.4 Å². The van der Waals surface area contributed by atoms with E-state index in [-0.39, 0.29) is 20.4 Å². The Kier molecular flexibility index (Phi) is 6.12. The number of hydrogen-bond donors (Lipinski definition) is 0. The molecule has 4 bridgehead atoms. The quantitative estimate of drug-likeness (QED) is 0.403. The van der Waals surface area contributed by atoms with Crippen LogP contribution in [0, 0.1) is 12.1 Å². The molecular weight excluding hydrogens is 413 g/mol. The number of fused-ring (bicyclic) bond motifs is 4. The maximum absolute atomic E-state index is 4.79. The van der Waals surface area contributed by atoms with Crippen LogP contribution < -0.4 is 4.90 Å². The third kappa shape index (κ3) is 4.16. The molecular formula is C22H17N3Pd. The smallest absolute Gasteiger partial charge is 0.342 e. The maximum Gasteiger partial charge on any atom is 2.00 e. The Morgan fingerprint density at radius 2 is 1.73 bits per heavy atom. The summed E-state index contributed by atoms with van der Waals surface area (Å²) in [5.41, 5.74) is 3.82. The van der Waals surface area contributed by atoms with E-state index in [4.69, 9.17) is 4.98 Å². The van der Waals surface area contributed by atoms with E-state index in [1.165, 1.54) is 0 Å². The Balaban J connectivity index is 0.00000196. The van der Waals surface area contributed by atoms with Crippen LogP contribution in [0.1, 0.15) is 17.7 Å². The Hall–Kier alpha value is -2.54. The molecule has 4 rings (SSSR count). The second-order valence-electron chi connectivity index (χ2n) is 5.72. The van der Waals surface area contributed by atoms with Crippen molar-refractivity contribution >= 4 is 29.5 Å². The molecule has 0 unspecified atom stereocenters. The Morgan fingerprint density at radius 3 is 2.62 bits per heavy atom. The number of hydrogen-bond acceptors (Lipinski definition) is 3. The summed E-state index contributed by atoms with van der Waals surface area (Å²) in [5, 5.41) is 0. The maximum atomic E-state index is 4.79. The van der Waals surface area contributed by atoms with Crippen LogP contribution in [0.5, 0.6) is 0 Å². The van der Waals surface area contributed by atoms with Crippen molar-refractivity contribution in [3.05, 3.63) is 90.1 Å². The Morgan fingerprint density at radius 1 is 0.885 bits per heavy atom. The molecule has 0 saturated heterocycles. The molecule has 1 aromatic heterocycles. The van der Waals surface area contributed by atoms with Gasteiger partial charge in [-0.05, 0) is 23.9 Å². The van der Waals surface area contributed by atoms with Crippen LogP contribution in [0.2, 0.25) is 0 Å². The molecule has 0 atom stereocenters. The second-order valence-corrected chi connectivity index (χ2v) is 5.72. The van der Waals surface area contributed by atoms with Gasteiger partial charge in [0.05, 0.1) is 0 Å². The van der Waals surface area contributed by atoms with Crippen molar-refractivity contribution in [1.82, 2.24) is 4.98 Å². The molecule has 4 heteroatoms. The predicted octanol–water partition coefficient (Wildman–Crippen LogP) is 4.99. The molecule has 0 saturated carbocycles. The topological polar surface area (TPSA) is 28.5 Å². The number of pyridine rings is 1. The van der Waals surface area contributed by atoms with E-state index in [1.807, 2.05) is 66.9 Å². The Labute approximate surface area is 167 Å². The zero-order valence-electron chi connectivity index (χ0n) is 14.1. The molecule has 2 aromatic carbocycles. The molecule has 0 amide bonds. The fourth-order valence-electron chi connectivity index (χ4n) is 2.76. The van der Waals surface area contributed by atoms with Gasteiger partial charge in [0.2, 0.25) is 0 Å². The molecule has 130 valence electrons. The first kappa shape index (κ1) is 18.3. The first-order valence-electron chi connectivity index (χ1n) is 8.31. The van der Waals surface area contributed by atoms with Gasteiger partial charge < -0.3 is 14.9 Å². The molecule has 3 nitrogen and oxygen atoms in total. The number of rotatable bonds is 1. The van der Waals surface area contributed by atoms with E-state index in [1.54, 1.807) is 0 Å². The van der Waals surface area contributed by atoms with Crippen LogP contribution in [0.15, 0.2) is 71.7 Å². The number of anilines is 3. The first-order chi connectivity index (χ1) is 12.4. The molecule has 0 spiro atoms. The van der Waals surface area contributed by atoms with Gasteiger partial charge >= 0.3 is 20.4 Å². The van der Waals surface area contributed by atoms with E-state index in [2.05, 4.69) is 34.2 Å². The van der Waals surface area contributed by atoms with Gasteiger partial charge in [-0.1, -0.05) is 42.6 Å². The van der Waals surface area contributed by atoms with Crippen molar-refractivity contribution in [3.63, 3.8) is 0 Å². The largest absolute Gasteiger partial charge is 2.00 e. The fraction of sp³-hybridized carbons (Fsp3) is 0.0909. The van der Waals surface area contributed by atoms with Crippen LogP contribution in [0.3, 0.4) is 0 Å². The van der Waals surface area contributed by atoms with Gasteiger partial charge in [0, 0.05) is 12.2 Å². The number of aromatic nitrogens is 1. The van der Waals surface area contributed by atoms with E-state index in [9.17, 15) is 0 Å². The predicted molar refractivity (Wildman–Crippen MR) is 103 cm³/mol. The summed E-state index contributed by atoms with van der Waals surface area (Å²) in [7, 11) is 0. The summed E-state index contributed by atoms with van der Waals surface area (Å²) in [4.78, 5) is 11.4. The van der Waals surface area contributed by atoms with Crippen LogP contribution in [-0.4, -0.2) is 17.7 Å².